The third kappa shape index (κ3) is 11.1. The molecule has 1 aliphatic carbocycles. The van der Waals surface area contributed by atoms with Gasteiger partial charge in [0.1, 0.15) is 25.4 Å². The predicted molar refractivity (Wildman–Crippen MR) is 246 cm³/mol. The van der Waals surface area contributed by atoms with Crippen molar-refractivity contribution in [1.82, 2.24) is 15.5 Å². The smallest absolute Gasteiger partial charge is 0.410 e. The van der Waals surface area contributed by atoms with Crippen molar-refractivity contribution in [3.63, 3.8) is 0 Å². The molecule has 17 atom stereocenters. The van der Waals surface area contributed by atoms with Crippen molar-refractivity contribution in [2.45, 2.75) is 146 Å². The number of fused-ring (bicyclic) bond motifs is 3. The molecule has 8 rings (SSSR count). The van der Waals surface area contributed by atoms with Gasteiger partial charge in [0.25, 0.3) is 0 Å². The molecule has 0 radical (unpaired) electrons. The number of ketones is 1. The molecule has 4 saturated heterocycles. The number of nitrogens with zero attached hydrogens (tertiary/aromatic N) is 1. The number of alkyl halides is 1. The summed E-state index contributed by atoms with van der Waals surface area (Å²) in [7, 11) is 1.66. The Labute approximate surface area is 397 Å². The molecule has 3 amide bonds. The summed E-state index contributed by atoms with van der Waals surface area (Å²) < 4.78 is 51.0. The number of nitrogens with one attached hydrogen (secondary N) is 2. The first kappa shape index (κ1) is 48.7. The van der Waals surface area contributed by atoms with Crippen molar-refractivity contribution in [2.75, 3.05) is 7.05 Å². The molecule has 0 bridgehead atoms. The van der Waals surface area contributed by atoms with Crippen LogP contribution < -0.4 is 10.6 Å². The Morgan fingerprint density at radius 2 is 1.30 bits per heavy atom. The van der Waals surface area contributed by atoms with E-state index in [9.17, 15) is 19.2 Å². The second kappa shape index (κ2) is 21.7. The van der Waals surface area contributed by atoms with Crippen molar-refractivity contribution in [2.24, 2.45) is 29.6 Å². The van der Waals surface area contributed by atoms with Crippen LogP contribution in [-0.2, 0) is 51.1 Å². The van der Waals surface area contributed by atoms with Crippen LogP contribution in [0.15, 0.2) is 91.0 Å². The second-order valence-electron chi connectivity index (χ2n) is 18.9. The Hall–Kier alpha value is -4.77. The van der Waals surface area contributed by atoms with Gasteiger partial charge in [0.05, 0.1) is 29.7 Å². The number of alkyl carbamates (subject to hydrolysis) is 2. The molecule has 9 unspecified atom stereocenters. The maximum absolute atomic E-state index is 13.9. The quantitative estimate of drug-likeness (QED) is 0.0904. The van der Waals surface area contributed by atoms with Crippen LogP contribution in [0.3, 0.4) is 0 Å². The minimum Gasteiger partial charge on any atom is -0.445 e. The van der Waals surface area contributed by atoms with Gasteiger partial charge in [-0.3, -0.25) is 9.69 Å². The fourth-order valence-corrected chi connectivity index (χ4v) is 10.8. The third-order valence-electron chi connectivity index (χ3n) is 14.6. The third-order valence-corrected chi connectivity index (χ3v) is 15.2. The first-order valence-corrected chi connectivity index (χ1v) is 24.1. The van der Waals surface area contributed by atoms with Gasteiger partial charge in [-0.25, -0.2) is 14.4 Å². The van der Waals surface area contributed by atoms with Crippen LogP contribution in [0.25, 0.3) is 0 Å². The molecular weight excluding hydrogens is 882 g/mol. The molecule has 4 heterocycles. The number of halogens is 1. The zero-order valence-corrected chi connectivity index (χ0v) is 39.7. The first-order chi connectivity index (χ1) is 32.3. The summed E-state index contributed by atoms with van der Waals surface area (Å²) in [4.78, 5) is 55.9. The Morgan fingerprint density at radius 1 is 0.701 bits per heavy atom. The Morgan fingerprint density at radius 3 is 1.91 bits per heavy atom. The molecule has 1 saturated carbocycles. The van der Waals surface area contributed by atoms with Gasteiger partial charge in [0, 0.05) is 42.8 Å². The standard InChI is InChI=1S/C51H64ClN3O12/c1-7-39-30(4)29(3)31(5)47(62-39)67-48-42-45(66-51(59)55(42)6)44-40(63-48)23-28(2)46(65-44)64-43-37(54-50(58)61-27-33-19-13-9-14-20-33)25-36(53-49(57)60-26-32-17-11-8-12-18-32)35(41(43)52)24-38(56)34-21-15-10-16-22-34/h8-22,28-31,35-37,39-48H,7,23-27H2,1-6H3,(H,53,57)(H,54,58)/t28?,29-,30-,31?,35?,36+,37?,39?,40-,41+,42?,43+,44?,45?,46-,47+,48?/m0/s1. The average Bonchev–Trinajstić information content (AvgIpc) is 3.64. The van der Waals surface area contributed by atoms with Gasteiger partial charge in [-0.1, -0.05) is 126 Å². The van der Waals surface area contributed by atoms with Crippen LogP contribution in [0.5, 0.6) is 0 Å². The molecule has 4 aliphatic heterocycles. The molecule has 0 spiro atoms. The minimum atomic E-state index is -0.966. The maximum atomic E-state index is 13.9. The summed E-state index contributed by atoms with van der Waals surface area (Å²) in [6.45, 7) is 10.6. The number of rotatable bonds is 14. The Balaban J connectivity index is 1.04. The van der Waals surface area contributed by atoms with Crippen molar-refractivity contribution < 1.29 is 57.1 Å². The van der Waals surface area contributed by atoms with E-state index in [0.29, 0.717) is 23.8 Å². The lowest BCUT2D eigenvalue weighted by Crippen LogP contribution is -2.66. The molecule has 3 aromatic carbocycles. The highest BCUT2D eigenvalue weighted by Gasteiger charge is 2.60. The van der Waals surface area contributed by atoms with E-state index >= 15 is 0 Å². The van der Waals surface area contributed by atoms with Crippen molar-refractivity contribution in [1.29, 1.82) is 0 Å². The zero-order valence-electron chi connectivity index (χ0n) is 38.9. The highest BCUT2D eigenvalue weighted by Crippen LogP contribution is 2.45. The fraction of sp³-hybridized carbons (Fsp3) is 0.569. The van der Waals surface area contributed by atoms with E-state index < -0.39 is 91.0 Å². The van der Waals surface area contributed by atoms with E-state index in [1.807, 2.05) is 73.7 Å². The molecule has 362 valence electrons. The SMILES string of the molecule is CCC1O[C@H](OC2O[C@H]3CC(C)[C@@H](O[C@@H]4C(NC(=O)OCc5ccccc5)C[C@@H](NC(=O)OCc5ccccc5)C(CC(=O)c5ccccc5)[C@H]4Cl)OC3C3OC(=O)N(C)C23)C(C)[C@@H](C)[C@@H]1C. The number of carbonyl (C=O) groups is 4. The average molecular weight is 947 g/mol. The molecule has 3 aromatic rings. The molecule has 0 aromatic heterocycles. The highest BCUT2D eigenvalue weighted by atomic mass is 35.5. The number of benzene rings is 3. The van der Waals surface area contributed by atoms with Crippen LogP contribution in [-0.4, -0.2) is 109 Å². The number of Topliss-reactive ketones (excluding diaryl/α,β-unsaturated/α-hetero) is 1. The number of likely N-dealkylation sites (N-methyl/N-ethyl adjacent to an activating group) is 1. The molecule has 67 heavy (non-hydrogen) atoms. The lowest BCUT2D eigenvalue weighted by atomic mass is 9.76. The molecule has 5 aliphatic rings. The summed E-state index contributed by atoms with van der Waals surface area (Å²) in [5.41, 5.74) is 2.07. The van der Waals surface area contributed by atoms with E-state index in [0.717, 1.165) is 17.5 Å². The van der Waals surface area contributed by atoms with Gasteiger partial charge >= 0.3 is 18.3 Å². The summed E-state index contributed by atoms with van der Waals surface area (Å²) in [5, 5.41) is 4.98. The number of hydrogen-bond donors (Lipinski definition) is 2. The second-order valence-corrected chi connectivity index (χ2v) is 19.4. The zero-order chi connectivity index (χ0) is 47.4. The van der Waals surface area contributed by atoms with Crippen LogP contribution in [0, 0.1) is 29.6 Å². The van der Waals surface area contributed by atoms with Crippen LogP contribution in [0.1, 0.15) is 81.8 Å². The summed E-state index contributed by atoms with van der Waals surface area (Å²) >= 11 is 7.53. The van der Waals surface area contributed by atoms with E-state index in [1.165, 1.54) is 4.90 Å². The number of amides is 3. The Bertz CT molecular complexity index is 2140. The van der Waals surface area contributed by atoms with Crippen molar-refractivity contribution in [3.05, 3.63) is 108 Å². The lowest BCUT2D eigenvalue weighted by molar-refractivity contribution is -0.368. The van der Waals surface area contributed by atoms with Crippen molar-refractivity contribution in [3.8, 4) is 0 Å². The van der Waals surface area contributed by atoms with E-state index in [1.54, 1.807) is 31.3 Å². The van der Waals surface area contributed by atoms with Gasteiger partial charge in [-0.2, -0.15) is 0 Å². The molecule has 5 fully saturated rings. The maximum Gasteiger partial charge on any atom is 0.410 e. The van der Waals surface area contributed by atoms with Gasteiger partial charge in [0.15, 0.2) is 30.8 Å². The predicted octanol–water partition coefficient (Wildman–Crippen LogP) is 8.22. The summed E-state index contributed by atoms with van der Waals surface area (Å²) in [6.07, 6.45) is -5.99. The first-order valence-electron chi connectivity index (χ1n) is 23.7. The van der Waals surface area contributed by atoms with Crippen LogP contribution in [0.4, 0.5) is 14.4 Å². The number of ether oxygens (including phenoxy) is 8. The van der Waals surface area contributed by atoms with Gasteiger partial charge in [-0.15, -0.1) is 11.6 Å². The van der Waals surface area contributed by atoms with Crippen molar-refractivity contribution >= 4 is 35.7 Å². The normalized spacial score (nSPS) is 35.9. The highest BCUT2D eigenvalue weighted by molar-refractivity contribution is 6.21. The van der Waals surface area contributed by atoms with E-state index in [-0.39, 0.29) is 49.8 Å². The molecule has 16 heteroatoms. The van der Waals surface area contributed by atoms with Gasteiger partial charge < -0.3 is 48.5 Å². The minimum absolute atomic E-state index is 0.00625. The van der Waals surface area contributed by atoms with Gasteiger partial charge in [0.2, 0.25) is 0 Å². The molecule has 15 nitrogen and oxygen atoms in total. The van der Waals surface area contributed by atoms with E-state index in [2.05, 4.69) is 38.3 Å². The number of hydrogen-bond acceptors (Lipinski definition) is 12. The molecule has 2 N–H and O–H groups in total. The summed E-state index contributed by atoms with van der Waals surface area (Å²) in [5.74, 6) is -0.432. The van der Waals surface area contributed by atoms with Crippen LogP contribution in [0.2, 0.25) is 0 Å². The topological polar surface area (TPSA) is 169 Å². The number of carbonyl (C=O) groups excluding carboxylic acids is 4. The van der Waals surface area contributed by atoms with Crippen LogP contribution >= 0.6 is 11.6 Å². The molecular formula is C51H64ClN3O12. The monoisotopic (exact) mass is 945 g/mol. The Kier molecular flexibility index (Phi) is 15.7. The van der Waals surface area contributed by atoms with E-state index in [4.69, 9.17) is 49.5 Å². The summed E-state index contributed by atoms with van der Waals surface area (Å²) in [6, 6.07) is 25.1. The lowest BCUT2D eigenvalue weighted by Gasteiger charge is -2.51. The largest absolute Gasteiger partial charge is 0.445 e. The van der Waals surface area contributed by atoms with Gasteiger partial charge in [-0.05, 0) is 42.2 Å². The fourth-order valence-electron chi connectivity index (χ4n) is 10.3.